The van der Waals surface area contributed by atoms with Crippen molar-refractivity contribution in [1.29, 1.82) is 5.26 Å². The number of hydrogen-bond donors (Lipinski definition) is 1. The van der Waals surface area contributed by atoms with Crippen molar-refractivity contribution in [3.05, 3.63) is 81.5 Å². The summed E-state index contributed by atoms with van der Waals surface area (Å²) in [5.41, 5.74) is 5.55. The van der Waals surface area contributed by atoms with Crippen molar-refractivity contribution in [3.8, 4) is 28.5 Å². The standard InChI is InChI=1S/C40H38Cl2FN7O.C4H6O/c1-48(2)40(51)29-12-10-22(18-45-29)35-27-17-31(38-21-9-11-24(14-21)49(38)3)50(37-23-16-30(37)46-19-23)39(27)26-15-20(6-5-13-44)32(34(43)36(26)47-35)25-7-4-8-28(41)33(25)42;5-3-4-1-2-4/h4,7-8,10,12,15,17-18,21,23-24,30,37-38,46H,5-6,9,11,14,16,19H2,1-3H3;3-4H,1-2H2/t21?,23?,24?,30?,37-,38?;/m0./s1. The zero-order valence-corrected chi connectivity index (χ0v) is 33.2. The van der Waals surface area contributed by atoms with E-state index in [0.717, 1.165) is 48.4 Å². The number of nitrogens with one attached hydrogen (secondary N) is 1. The number of pyridine rings is 2. The maximum atomic E-state index is 17.6. The number of benzene rings is 2. The van der Waals surface area contributed by atoms with E-state index in [2.05, 4.69) is 39.0 Å². The summed E-state index contributed by atoms with van der Waals surface area (Å²) in [4.78, 5) is 36.1. The molecule has 1 amide bonds. The molecular formula is C44H44Cl2FN7O2. The van der Waals surface area contributed by atoms with Gasteiger partial charge in [0.15, 0.2) is 5.82 Å². The number of carbonyl (C=O) groups is 2. The van der Waals surface area contributed by atoms with Crippen LogP contribution in [0.25, 0.3) is 44.2 Å². The van der Waals surface area contributed by atoms with Gasteiger partial charge < -0.3 is 19.6 Å². The van der Waals surface area contributed by atoms with Gasteiger partial charge in [-0.3, -0.25) is 14.7 Å². The van der Waals surface area contributed by atoms with E-state index in [4.69, 9.17) is 28.2 Å². The molecule has 9 nitrogen and oxygen atoms in total. The minimum Gasteiger partial charge on any atom is -0.343 e. The molecule has 3 aliphatic carbocycles. The van der Waals surface area contributed by atoms with E-state index in [9.17, 15) is 14.9 Å². The highest BCUT2D eigenvalue weighted by Gasteiger charge is 2.52. The summed E-state index contributed by atoms with van der Waals surface area (Å²) in [6.45, 7) is 0.960. The number of nitriles is 1. The fourth-order valence-electron chi connectivity index (χ4n) is 9.92. The lowest BCUT2D eigenvalue weighted by molar-refractivity contribution is -0.108. The second-order valence-corrected chi connectivity index (χ2v) is 17.3. The third-order valence-corrected chi connectivity index (χ3v) is 13.7. The van der Waals surface area contributed by atoms with Gasteiger partial charge >= 0.3 is 0 Å². The molecule has 3 saturated carbocycles. The van der Waals surface area contributed by atoms with Gasteiger partial charge in [-0.05, 0) is 99.7 Å². The van der Waals surface area contributed by atoms with Crippen molar-refractivity contribution in [3.63, 3.8) is 0 Å². The van der Waals surface area contributed by atoms with Crippen molar-refractivity contribution in [2.24, 2.45) is 17.8 Å². The van der Waals surface area contributed by atoms with Crippen LogP contribution in [-0.2, 0) is 11.2 Å². The van der Waals surface area contributed by atoms with Gasteiger partial charge in [-0.1, -0.05) is 35.3 Å². The molecule has 3 saturated heterocycles. The number of aryl methyl sites for hydroxylation is 1. The first kappa shape index (κ1) is 37.2. The quantitative estimate of drug-likeness (QED) is 0.157. The third kappa shape index (κ3) is 6.10. The minimum absolute atomic E-state index is 0.196. The Kier molecular flexibility index (Phi) is 9.64. The molecule has 11 rings (SSSR count). The molecule has 288 valence electrons. The largest absolute Gasteiger partial charge is 0.343 e. The molecule has 12 heteroatoms. The molecule has 1 N–H and O–H groups in total. The normalized spacial score (nSPS) is 24.9. The maximum Gasteiger partial charge on any atom is 0.271 e. The van der Waals surface area contributed by atoms with E-state index in [1.54, 1.807) is 44.6 Å². The Morgan fingerprint density at radius 3 is 2.52 bits per heavy atom. The topological polar surface area (TPSA) is 107 Å². The Labute approximate surface area is 335 Å². The number of aldehydes is 1. The highest BCUT2D eigenvalue weighted by atomic mass is 35.5. The number of piperidine rings is 1. The second-order valence-electron chi connectivity index (χ2n) is 16.5. The van der Waals surface area contributed by atoms with E-state index in [1.165, 1.54) is 29.9 Å². The van der Waals surface area contributed by atoms with Gasteiger partial charge in [0.05, 0.1) is 39.4 Å². The maximum absolute atomic E-state index is 17.6. The summed E-state index contributed by atoms with van der Waals surface area (Å²) >= 11 is 13.2. The predicted molar refractivity (Wildman–Crippen MR) is 217 cm³/mol. The van der Waals surface area contributed by atoms with Crippen molar-refractivity contribution in [1.82, 2.24) is 29.7 Å². The molecule has 2 aromatic carbocycles. The minimum atomic E-state index is -0.499. The summed E-state index contributed by atoms with van der Waals surface area (Å²) in [5, 5.41) is 15.6. The van der Waals surface area contributed by atoms with Crippen molar-refractivity contribution in [2.45, 2.75) is 75.5 Å². The van der Waals surface area contributed by atoms with Gasteiger partial charge in [0, 0.05) is 84.4 Å². The summed E-state index contributed by atoms with van der Waals surface area (Å²) in [6, 6.07) is 16.8. The predicted octanol–water partition coefficient (Wildman–Crippen LogP) is 8.81. The fraction of sp³-hybridized carbons (Fsp3) is 0.432. The number of rotatable bonds is 8. The molecule has 3 aromatic heterocycles. The van der Waals surface area contributed by atoms with Crippen LogP contribution in [0.1, 0.15) is 78.8 Å². The van der Waals surface area contributed by atoms with Gasteiger partial charge in [0.2, 0.25) is 0 Å². The van der Waals surface area contributed by atoms with Crippen LogP contribution in [0.15, 0.2) is 48.7 Å². The van der Waals surface area contributed by atoms with Gasteiger partial charge in [-0.2, -0.15) is 5.26 Å². The van der Waals surface area contributed by atoms with Gasteiger partial charge in [-0.15, -0.1) is 0 Å². The summed E-state index contributed by atoms with van der Waals surface area (Å²) in [6.07, 6.45) is 10.3. The van der Waals surface area contributed by atoms with Crippen molar-refractivity contribution < 1.29 is 14.0 Å². The molecule has 0 spiro atoms. The molecule has 0 radical (unpaired) electrons. The monoisotopic (exact) mass is 791 g/mol. The summed E-state index contributed by atoms with van der Waals surface area (Å²) in [7, 11) is 5.65. The molecule has 56 heavy (non-hydrogen) atoms. The lowest BCUT2D eigenvalue weighted by atomic mass is 9.79. The molecule has 6 aliphatic rings. The zero-order chi connectivity index (χ0) is 39.0. The van der Waals surface area contributed by atoms with Crippen LogP contribution in [0.2, 0.25) is 10.0 Å². The number of amides is 1. The van der Waals surface area contributed by atoms with Crippen LogP contribution < -0.4 is 5.32 Å². The first-order valence-electron chi connectivity index (χ1n) is 19.7. The number of carbonyl (C=O) groups excluding carboxylic acids is 2. The lowest BCUT2D eigenvalue weighted by Gasteiger charge is -2.41. The van der Waals surface area contributed by atoms with Crippen LogP contribution in [0.4, 0.5) is 4.39 Å². The van der Waals surface area contributed by atoms with E-state index in [0.29, 0.717) is 74.9 Å². The average Bonchev–Trinajstić information content (AvgIpc) is 3.62. The van der Waals surface area contributed by atoms with Crippen LogP contribution in [-0.4, -0.2) is 76.3 Å². The van der Waals surface area contributed by atoms with Crippen molar-refractivity contribution in [2.75, 3.05) is 27.7 Å². The molecule has 5 aromatic rings. The third-order valence-electron chi connectivity index (χ3n) is 12.9. The molecule has 6 fully saturated rings. The van der Waals surface area contributed by atoms with E-state index < -0.39 is 5.82 Å². The van der Waals surface area contributed by atoms with Crippen LogP contribution in [0.3, 0.4) is 0 Å². The Morgan fingerprint density at radius 1 is 1.09 bits per heavy atom. The molecule has 3 aliphatic heterocycles. The smallest absolute Gasteiger partial charge is 0.271 e. The van der Waals surface area contributed by atoms with Crippen LogP contribution in [0, 0.1) is 34.9 Å². The lowest BCUT2D eigenvalue weighted by Crippen LogP contribution is -2.41. The van der Waals surface area contributed by atoms with Gasteiger partial charge in [-0.25, -0.2) is 9.37 Å². The fourth-order valence-corrected chi connectivity index (χ4v) is 10.3. The number of hydrogen-bond acceptors (Lipinski definition) is 7. The number of likely N-dealkylation sites (tertiary alicyclic amines) is 1. The first-order chi connectivity index (χ1) is 27.1. The second kappa shape index (κ2) is 14.5. The summed E-state index contributed by atoms with van der Waals surface area (Å²) < 4.78 is 20.1. The van der Waals surface area contributed by atoms with E-state index in [-0.39, 0.29) is 35.0 Å². The van der Waals surface area contributed by atoms with E-state index in [1.807, 2.05) is 12.1 Å². The van der Waals surface area contributed by atoms with Crippen LogP contribution in [0.5, 0.6) is 0 Å². The van der Waals surface area contributed by atoms with Crippen molar-refractivity contribution >= 4 is 57.2 Å². The highest BCUT2D eigenvalue weighted by molar-refractivity contribution is 6.43. The molecule has 6 atom stereocenters. The molecule has 4 bridgehead atoms. The Bertz CT molecular complexity index is 2420. The van der Waals surface area contributed by atoms with Gasteiger partial charge in [0.1, 0.15) is 17.5 Å². The number of fused-ring (bicyclic) bond motifs is 6. The van der Waals surface area contributed by atoms with Crippen LogP contribution >= 0.6 is 23.2 Å². The molecular weight excluding hydrogens is 748 g/mol. The number of aromatic nitrogens is 3. The van der Waals surface area contributed by atoms with Gasteiger partial charge in [0.25, 0.3) is 5.91 Å². The zero-order valence-electron chi connectivity index (χ0n) is 31.7. The SMILES string of the molecule is CN(C)C(=O)c1ccc(-c2nc3c(F)c(-c4cccc(Cl)c4Cl)c(CCC#N)cc3c3c2cc(C2C4CCC(C4)N2C)n3[C@H]2C3CNC2C3)cn1.O=CC1CC1. The number of halogens is 3. The Morgan fingerprint density at radius 2 is 1.91 bits per heavy atom. The molecule has 5 unspecified atom stereocenters. The summed E-state index contributed by atoms with van der Waals surface area (Å²) in [5.74, 6) is 0.785. The Balaban J connectivity index is 0.000000761. The highest BCUT2D eigenvalue weighted by Crippen LogP contribution is 2.55. The van der Waals surface area contributed by atoms with E-state index >= 15 is 4.39 Å². The number of nitrogens with zero attached hydrogens (tertiary/aromatic N) is 6. The molecule has 6 heterocycles. The first-order valence-corrected chi connectivity index (χ1v) is 20.4. The Hall–Kier alpha value is -4.40. The average molecular weight is 793 g/mol.